The normalized spacial score (nSPS) is 15.7. The summed E-state index contributed by atoms with van der Waals surface area (Å²) < 4.78 is 15.0. The van der Waals surface area contributed by atoms with Gasteiger partial charge in [-0.25, -0.2) is 9.97 Å². The van der Waals surface area contributed by atoms with Crippen LogP contribution in [0.1, 0.15) is 77.1 Å². The number of aromatic nitrogens is 2. The van der Waals surface area contributed by atoms with Gasteiger partial charge in [-0.05, 0) is 78.9 Å². The van der Waals surface area contributed by atoms with Gasteiger partial charge < -0.3 is 14.8 Å². The van der Waals surface area contributed by atoms with Gasteiger partial charge in [-0.3, -0.25) is 34.1 Å². The zero-order chi connectivity index (χ0) is 36.0. The van der Waals surface area contributed by atoms with Gasteiger partial charge >= 0.3 is 0 Å². The molecule has 0 radical (unpaired) electrons. The van der Waals surface area contributed by atoms with Crippen molar-refractivity contribution in [1.29, 1.82) is 0 Å². The summed E-state index contributed by atoms with van der Waals surface area (Å²) in [5.41, 5.74) is 4.11. The van der Waals surface area contributed by atoms with Crippen molar-refractivity contribution in [3.05, 3.63) is 107 Å². The van der Waals surface area contributed by atoms with Crippen LogP contribution in [0.4, 0.5) is 11.6 Å². The minimum absolute atomic E-state index is 0.0848. The molecular formula is C38H40N6O6S. The first-order valence-corrected chi connectivity index (χ1v) is 18.0. The standard InChI is InChI=1S/C38H40N6O6S/c1-38(2,25-8-13-29(14-9-25)50-23-27-18-20-40-37(41-27)43-51-3)24-6-11-28(12-7-24)49-21-5-4-19-39-26-10-15-30-31(22-26)36(48)44(35(30)47)32-16-17-33(45)42-34(32)46/h6-15,18,20,22,32,39H,4-5,16-17,19,21,23H2,1-3H3,(H,40,41,43)(H,42,45,46). The SMILES string of the molecule is CSNc1nccc(COc2ccc(C(C)(C)c3ccc(OCCCCNc4ccc5c(c4)C(=O)N(C4CCC(=O)NC4=O)C5=O)cc3)cc2)n1. The summed E-state index contributed by atoms with van der Waals surface area (Å²) in [7, 11) is 0. The van der Waals surface area contributed by atoms with Crippen LogP contribution in [-0.2, 0) is 21.6 Å². The second-order valence-corrected chi connectivity index (χ2v) is 13.4. The number of nitrogens with one attached hydrogen (secondary N) is 3. The number of imide groups is 2. The Morgan fingerprint density at radius 2 is 1.57 bits per heavy atom. The molecular weight excluding hydrogens is 669 g/mol. The Kier molecular flexibility index (Phi) is 10.8. The lowest BCUT2D eigenvalue weighted by atomic mass is 9.78. The van der Waals surface area contributed by atoms with Crippen molar-refractivity contribution in [2.75, 3.05) is 29.4 Å². The molecule has 12 nitrogen and oxygen atoms in total. The maximum absolute atomic E-state index is 13.1. The molecule has 3 heterocycles. The summed E-state index contributed by atoms with van der Waals surface area (Å²) in [4.78, 5) is 59.4. The van der Waals surface area contributed by atoms with Crippen molar-refractivity contribution in [2.24, 2.45) is 0 Å². The third-order valence-corrected chi connectivity index (χ3v) is 9.44. The Bertz CT molecular complexity index is 1920. The topological polar surface area (TPSA) is 152 Å². The number of fused-ring (bicyclic) bond motifs is 1. The molecule has 4 aromatic rings. The van der Waals surface area contributed by atoms with Crippen LogP contribution in [-0.4, -0.2) is 63.9 Å². The molecule has 1 saturated heterocycles. The minimum Gasteiger partial charge on any atom is -0.494 e. The molecule has 0 bridgehead atoms. The van der Waals surface area contributed by atoms with Gasteiger partial charge in [0, 0.05) is 36.5 Å². The molecule has 6 rings (SSSR count). The molecule has 2 aliphatic heterocycles. The number of hydrogen-bond acceptors (Lipinski definition) is 11. The minimum atomic E-state index is -0.980. The molecule has 264 valence electrons. The maximum Gasteiger partial charge on any atom is 0.262 e. The van der Waals surface area contributed by atoms with E-state index in [1.54, 1.807) is 24.4 Å². The second-order valence-electron chi connectivity index (χ2n) is 12.8. The molecule has 0 aliphatic carbocycles. The van der Waals surface area contributed by atoms with Crippen molar-refractivity contribution in [3.8, 4) is 11.5 Å². The molecule has 13 heteroatoms. The lowest BCUT2D eigenvalue weighted by Crippen LogP contribution is -2.54. The molecule has 51 heavy (non-hydrogen) atoms. The molecule has 1 unspecified atom stereocenters. The molecule has 4 amide bonds. The lowest BCUT2D eigenvalue weighted by molar-refractivity contribution is -0.136. The van der Waals surface area contributed by atoms with Gasteiger partial charge in [-0.15, -0.1) is 0 Å². The summed E-state index contributed by atoms with van der Waals surface area (Å²) in [5, 5.41) is 5.52. The number of rotatable bonds is 15. The van der Waals surface area contributed by atoms with Crippen LogP contribution >= 0.6 is 11.9 Å². The summed E-state index contributed by atoms with van der Waals surface area (Å²) in [6, 6.07) is 22.2. The van der Waals surface area contributed by atoms with Gasteiger partial charge in [0.2, 0.25) is 17.8 Å². The van der Waals surface area contributed by atoms with E-state index in [4.69, 9.17) is 9.47 Å². The van der Waals surface area contributed by atoms with E-state index in [9.17, 15) is 19.2 Å². The summed E-state index contributed by atoms with van der Waals surface area (Å²) in [6.07, 6.45) is 5.48. The van der Waals surface area contributed by atoms with Gasteiger partial charge in [0.1, 0.15) is 24.1 Å². The molecule has 3 N–H and O–H groups in total. The molecule has 0 saturated carbocycles. The number of benzene rings is 3. The zero-order valence-corrected chi connectivity index (χ0v) is 29.5. The fourth-order valence-corrected chi connectivity index (χ4v) is 6.39. The number of ether oxygens (including phenoxy) is 2. The van der Waals surface area contributed by atoms with Gasteiger partial charge in [0.15, 0.2) is 0 Å². The summed E-state index contributed by atoms with van der Waals surface area (Å²) in [6.45, 7) is 5.93. The quantitative estimate of drug-likeness (QED) is 0.0788. The van der Waals surface area contributed by atoms with Gasteiger partial charge in [-0.2, -0.15) is 0 Å². The number of piperidine rings is 1. The number of anilines is 2. The van der Waals surface area contributed by atoms with Crippen molar-refractivity contribution in [3.63, 3.8) is 0 Å². The van der Waals surface area contributed by atoms with E-state index < -0.39 is 29.7 Å². The van der Waals surface area contributed by atoms with Crippen molar-refractivity contribution < 1.29 is 28.7 Å². The Hall–Kier alpha value is -5.43. The average molecular weight is 709 g/mol. The Morgan fingerprint density at radius 3 is 2.25 bits per heavy atom. The van der Waals surface area contributed by atoms with E-state index >= 15 is 0 Å². The first-order valence-electron chi connectivity index (χ1n) is 16.8. The van der Waals surface area contributed by atoms with Crippen molar-refractivity contribution >= 4 is 47.2 Å². The highest BCUT2D eigenvalue weighted by atomic mass is 32.2. The summed E-state index contributed by atoms with van der Waals surface area (Å²) >= 11 is 1.44. The first kappa shape index (κ1) is 35.4. The molecule has 0 spiro atoms. The first-order chi connectivity index (χ1) is 24.6. The van der Waals surface area contributed by atoms with E-state index in [0.29, 0.717) is 31.4 Å². The van der Waals surface area contributed by atoms with Gasteiger partial charge in [-0.1, -0.05) is 50.1 Å². The highest BCUT2D eigenvalue weighted by Gasteiger charge is 2.44. The number of amides is 4. The van der Waals surface area contributed by atoms with E-state index in [0.717, 1.165) is 46.1 Å². The van der Waals surface area contributed by atoms with Crippen LogP contribution in [0.2, 0.25) is 0 Å². The highest BCUT2D eigenvalue weighted by molar-refractivity contribution is 7.99. The monoisotopic (exact) mass is 708 g/mol. The number of carbonyl (C=O) groups excluding carboxylic acids is 4. The van der Waals surface area contributed by atoms with Crippen LogP contribution in [0.25, 0.3) is 0 Å². The summed E-state index contributed by atoms with van der Waals surface area (Å²) in [5.74, 6) is 0.0676. The van der Waals surface area contributed by atoms with Gasteiger partial charge in [0.05, 0.1) is 23.4 Å². The van der Waals surface area contributed by atoms with Crippen LogP contribution < -0.4 is 24.8 Å². The highest BCUT2D eigenvalue weighted by Crippen LogP contribution is 2.34. The number of unbranched alkanes of at least 4 members (excludes halogenated alkanes) is 1. The number of hydrogen-bond donors (Lipinski definition) is 3. The third kappa shape index (κ3) is 8.15. The van der Waals surface area contributed by atoms with E-state index in [-0.39, 0.29) is 29.4 Å². The molecule has 1 aromatic heterocycles. The predicted molar refractivity (Wildman–Crippen MR) is 195 cm³/mol. The fraction of sp³-hybridized carbons (Fsp3) is 0.316. The third-order valence-electron chi connectivity index (χ3n) is 9.05. The maximum atomic E-state index is 13.1. The molecule has 3 aromatic carbocycles. The Balaban J connectivity index is 0.933. The smallest absolute Gasteiger partial charge is 0.262 e. The Morgan fingerprint density at radius 1 is 0.882 bits per heavy atom. The second kappa shape index (κ2) is 15.6. The zero-order valence-electron chi connectivity index (χ0n) is 28.7. The number of nitrogens with zero attached hydrogens (tertiary/aromatic N) is 3. The van der Waals surface area contributed by atoms with Crippen LogP contribution in [0.15, 0.2) is 79.0 Å². The van der Waals surface area contributed by atoms with Crippen molar-refractivity contribution in [2.45, 2.75) is 57.6 Å². The fourth-order valence-electron chi connectivity index (χ4n) is 6.11. The van der Waals surface area contributed by atoms with Crippen LogP contribution in [0.5, 0.6) is 11.5 Å². The van der Waals surface area contributed by atoms with Crippen molar-refractivity contribution in [1.82, 2.24) is 20.2 Å². The number of carbonyl (C=O) groups is 4. The van der Waals surface area contributed by atoms with Crippen LogP contribution in [0, 0.1) is 0 Å². The average Bonchev–Trinajstić information content (AvgIpc) is 3.37. The molecule has 1 fully saturated rings. The van der Waals surface area contributed by atoms with Gasteiger partial charge in [0.25, 0.3) is 11.8 Å². The Labute approximate surface area is 300 Å². The van der Waals surface area contributed by atoms with E-state index in [1.165, 1.54) is 11.9 Å². The van der Waals surface area contributed by atoms with E-state index in [1.807, 2.05) is 36.6 Å². The lowest BCUT2D eigenvalue weighted by Gasteiger charge is -2.27. The molecule has 1 atom stereocenters. The van der Waals surface area contributed by atoms with E-state index in [2.05, 4.69) is 63.4 Å². The predicted octanol–water partition coefficient (Wildman–Crippen LogP) is 5.74. The molecule has 2 aliphatic rings. The van der Waals surface area contributed by atoms with Crippen LogP contribution in [0.3, 0.4) is 0 Å². The largest absolute Gasteiger partial charge is 0.494 e.